The maximum atomic E-state index is 9.71. The molecule has 0 unspecified atom stereocenters. The fourth-order valence-corrected chi connectivity index (χ4v) is 0.227. The summed E-state index contributed by atoms with van der Waals surface area (Å²) in [6, 6.07) is 0. The van der Waals surface area contributed by atoms with Crippen LogP contribution in [-0.2, 0) is 489 Å². The molecule has 1 N–H and O–H groups in total. The van der Waals surface area contributed by atoms with Crippen LogP contribution < -0.4 is 0 Å². The Hall–Kier alpha value is 15.3. The number of rotatable bonds is 2. The van der Waals surface area contributed by atoms with Crippen molar-refractivity contribution >= 4 is 5.91 Å². The molecule has 0 bridgehead atoms. The van der Waals surface area contributed by atoms with Gasteiger partial charge in [-0.25, -0.2) is 0 Å². The van der Waals surface area contributed by atoms with Crippen molar-refractivity contribution in [2.45, 2.75) is 19.8 Å². The Balaban J connectivity index is -0.000000000494. The van der Waals surface area contributed by atoms with Crippen LogP contribution in [0.5, 0.6) is 0 Å². The molecule has 0 aliphatic heterocycles. The Labute approximate surface area is 506 Å². The Morgan fingerprint density at radius 2 is 0.517 bits per heavy atom. The summed E-state index contributed by atoms with van der Waals surface area (Å²) in [6.45, 7) is 1.88. The van der Waals surface area contributed by atoms with Gasteiger partial charge in [0.15, 0.2) is 0 Å². The van der Waals surface area contributed by atoms with Crippen molar-refractivity contribution in [3.8, 4) is 0 Å². The number of hydrogen-bond acceptors (Lipinski definition) is 1. The van der Waals surface area contributed by atoms with Crippen molar-refractivity contribution in [1.82, 2.24) is 0 Å². The van der Waals surface area contributed by atoms with Gasteiger partial charge in [-0.1, -0.05) is 13.3 Å². The summed E-state index contributed by atoms with van der Waals surface area (Å²) < 4.78 is 0. The van der Waals surface area contributed by atoms with E-state index in [9.17, 15) is 4.79 Å². The zero-order chi connectivity index (χ0) is 4.99. The predicted octanol–water partition coefficient (Wildman–Crippen LogP) is 1.31. The number of carbonyl (C=O) groups excluding carboxylic acids is 1. The molecule has 0 fully saturated rings. The van der Waals surface area contributed by atoms with Crippen LogP contribution in [0.1, 0.15) is 19.8 Å². The van der Waals surface area contributed by atoms with E-state index in [1.54, 1.807) is 0 Å². The normalized spacial score (nSPS) is 1.69. The third kappa shape index (κ3) is 221. The van der Waals surface area contributed by atoms with Gasteiger partial charge in [0.25, 0.3) is 0 Å². The van der Waals surface area contributed by atoms with Crippen molar-refractivity contribution in [3.05, 3.63) is 5.73 Å². The molecule has 0 radical (unpaired) electrons. The molecule has 174 valence electrons. The summed E-state index contributed by atoms with van der Waals surface area (Å²) in [4.78, 5) is 9.71. The van der Waals surface area contributed by atoms with E-state index in [1.165, 1.54) is 0 Å². The first-order valence-electron chi connectivity index (χ1n) is 2.01. The molecule has 0 aromatic heterocycles. The number of amides is 1. The molecule has 0 spiro atoms. The van der Waals surface area contributed by atoms with Gasteiger partial charge in [0.1, 0.15) is 0 Å². The first-order chi connectivity index (χ1) is 2.77. The van der Waals surface area contributed by atoms with Crippen molar-refractivity contribution in [2.75, 3.05) is 0 Å². The van der Waals surface area contributed by atoms with Crippen LogP contribution in [0.3, 0.4) is 0 Å². The van der Waals surface area contributed by atoms with Crippen LogP contribution in [0.2, 0.25) is 0 Å². The summed E-state index contributed by atoms with van der Waals surface area (Å²) in [5.41, 5.74) is 6.34. The van der Waals surface area contributed by atoms with Crippen LogP contribution >= 0.6 is 0 Å². The van der Waals surface area contributed by atoms with Crippen LogP contribution in [0, 0.1) is 0 Å². The first kappa shape index (κ1) is 202. The van der Waals surface area contributed by atoms with Crippen LogP contribution in [0.15, 0.2) is 0 Å². The fraction of sp³-hybridized carbons (Fsp3) is 0.750. The van der Waals surface area contributed by atoms with Gasteiger partial charge in [-0.2, -0.15) is 0 Å². The summed E-state index contributed by atoms with van der Waals surface area (Å²) in [5, 5.41) is 0. The number of carbonyl (C=O) groups is 1. The molecule has 0 aromatic carbocycles. The van der Waals surface area contributed by atoms with E-state index in [2.05, 4.69) is 0 Å². The van der Waals surface area contributed by atoms with Crippen molar-refractivity contribution < 1.29 is 489 Å². The van der Waals surface area contributed by atoms with E-state index in [0.29, 0.717) is 6.42 Å². The Bertz CT molecular complexity index is 72.8. The monoisotopic (exact) mass is 4320 g/mol. The molecule has 0 aromatic rings. The molecule has 1 amide bonds. The largest absolute Gasteiger partial charge is 0.668 e. The van der Waals surface area contributed by atoms with E-state index >= 15 is 0 Å². The van der Waals surface area contributed by atoms with E-state index in [-0.39, 0.29) is 485 Å². The molecule has 0 heterocycles. The molecule has 0 saturated carbocycles. The fourth-order valence-electron chi connectivity index (χ4n) is 0.227. The minimum Gasteiger partial charge on any atom is -0.668 e. The molecule has 29 heavy (non-hydrogen) atoms. The van der Waals surface area contributed by atoms with Gasteiger partial charge in [-0.05, 0) is 6.42 Å². The van der Waals surface area contributed by atoms with Gasteiger partial charge >= 0.3 is 0 Å². The topological polar surface area (TPSA) is 40.9 Å². The van der Waals surface area contributed by atoms with E-state index in [4.69, 9.17) is 5.73 Å². The molecule has 0 aliphatic rings. The second-order valence-electron chi connectivity index (χ2n) is 1.17. The van der Waals surface area contributed by atoms with Crippen molar-refractivity contribution in [1.29, 1.82) is 0 Å². The Morgan fingerprint density at radius 3 is 0.517 bits per heavy atom. The number of nitrogens with one attached hydrogen (secondary N) is 1. The SMILES string of the molecule is CCCC([NH-])=O.[W].[W].[W].[W].[W].[W].[W].[W].[W].[W].[W].[W].[W].[W].[W].[W].[W].[W].[W].[W].[W].[W].[W]. The maximum Gasteiger partial charge on any atom is 0.0487 e. The maximum absolute atomic E-state index is 9.71. The Morgan fingerprint density at radius 1 is 0.414 bits per heavy atom. The van der Waals surface area contributed by atoms with Gasteiger partial charge < -0.3 is 10.5 Å². The number of hydrogen-bond donors (Lipinski definition) is 0. The molecule has 0 atom stereocenters. The van der Waals surface area contributed by atoms with E-state index in [0.717, 1.165) is 6.42 Å². The zero-order valence-corrected chi connectivity index (χ0v) is 80.7. The second kappa shape index (κ2) is 188. The minimum atomic E-state index is -0.461. The molecule has 0 rings (SSSR count). The zero-order valence-electron chi connectivity index (χ0n) is 13.2. The molecule has 25 heteroatoms. The summed E-state index contributed by atoms with van der Waals surface area (Å²) >= 11 is 0. The standard InChI is InChI=1S/C4H9NO.23W/c1-2-3-4(5)6;;;;;;;;;;;;;;;;;;;;;;;/h2-3H2,1H3,(H2,5,6);;;;;;;;;;;;;;;;;;;;;;;/p-1. The quantitative estimate of drug-likeness (QED) is 0.412. The molecule has 0 saturated heterocycles. The van der Waals surface area contributed by atoms with Gasteiger partial charge in [0, 0.05) is 490 Å². The second-order valence-corrected chi connectivity index (χ2v) is 1.17. The smallest absolute Gasteiger partial charge is 0.0487 e. The first-order valence-corrected chi connectivity index (χ1v) is 2.01. The summed E-state index contributed by atoms with van der Waals surface area (Å²) in [7, 11) is 0. The van der Waals surface area contributed by atoms with Crippen LogP contribution in [-0.4, -0.2) is 5.91 Å². The molecule has 2 nitrogen and oxygen atoms in total. The minimum absolute atomic E-state index is 0. The van der Waals surface area contributed by atoms with Gasteiger partial charge in [-0.3, -0.25) is 0 Å². The average Bonchev–Trinajstić information content (AvgIpc) is 1.35. The summed E-state index contributed by atoms with van der Waals surface area (Å²) in [6.07, 6.45) is 1.20. The Kier molecular flexibility index (Phi) is 1310. The van der Waals surface area contributed by atoms with E-state index in [1.807, 2.05) is 6.92 Å². The summed E-state index contributed by atoms with van der Waals surface area (Å²) in [5.74, 6) is -0.461. The third-order valence-corrected chi connectivity index (χ3v) is 0.477. The van der Waals surface area contributed by atoms with Gasteiger partial charge in [-0.15, -0.1) is 0 Å². The van der Waals surface area contributed by atoms with Crippen molar-refractivity contribution in [3.63, 3.8) is 0 Å². The molecular weight excluding hydrogens is 4310 g/mol. The van der Waals surface area contributed by atoms with E-state index < -0.39 is 5.91 Å². The van der Waals surface area contributed by atoms with Gasteiger partial charge in [0.05, 0.1) is 0 Å². The van der Waals surface area contributed by atoms with Gasteiger partial charge in [0.2, 0.25) is 0 Å². The average molecular weight is 4310 g/mol. The molecular formula is C4H8NOW23-. The van der Waals surface area contributed by atoms with Crippen molar-refractivity contribution in [2.24, 2.45) is 0 Å². The van der Waals surface area contributed by atoms with Crippen LogP contribution in [0.25, 0.3) is 5.73 Å². The third-order valence-electron chi connectivity index (χ3n) is 0.477. The molecule has 0 aliphatic carbocycles. The van der Waals surface area contributed by atoms with Crippen LogP contribution in [0.4, 0.5) is 0 Å². The predicted molar refractivity (Wildman–Crippen MR) is 24.2 cm³/mol.